The number of carbonyl (C=O) groups is 1. The lowest BCUT2D eigenvalue weighted by Crippen LogP contribution is -2.67. The summed E-state index contributed by atoms with van der Waals surface area (Å²) < 4.78 is 4.97. The molecule has 1 aromatic carbocycles. The molecule has 0 radical (unpaired) electrons. The second-order valence-corrected chi connectivity index (χ2v) is 18.9. The van der Waals surface area contributed by atoms with E-state index < -0.39 is 0 Å². The molecule has 5 heteroatoms. The largest absolute Gasteiger partial charge is 0.465 e. The van der Waals surface area contributed by atoms with E-state index in [0.29, 0.717) is 46.0 Å². The normalized spacial score (nSPS) is 40.3. The fourth-order valence-corrected chi connectivity index (χ4v) is 14.0. The van der Waals surface area contributed by atoms with E-state index in [4.69, 9.17) is 9.72 Å². The number of aromatic nitrogens is 1. The van der Waals surface area contributed by atoms with Crippen LogP contribution < -0.4 is 5.32 Å². The van der Waals surface area contributed by atoms with E-state index in [-0.39, 0.29) is 22.3 Å². The zero-order valence-electron chi connectivity index (χ0n) is 30.5. The zero-order chi connectivity index (χ0) is 33.7. The summed E-state index contributed by atoms with van der Waals surface area (Å²) in [6, 6.07) is 8.14. The molecule has 1 aromatic heterocycles. The molecule has 0 spiro atoms. The van der Waals surface area contributed by atoms with Gasteiger partial charge in [0.25, 0.3) is 0 Å². The van der Waals surface area contributed by atoms with Crippen LogP contribution in [0.3, 0.4) is 0 Å². The molecule has 254 valence electrons. The molecule has 1 N–H and O–H groups in total. The molecule has 1 heterocycles. The van der Waals surface area contributed by atoms with Crippen LogP contribution in [0.4, 0.5) is 5.13 Å². The van der Waals surface area contributed by atoms with Crippen LogP contribution in [-0.4, -0.2) is 23.6 Å². The first-order valence-electron chi connectivity index (χ1n) is 18.4. The van der Waals surface area contributed by atoms with Gasteiger partial charge < -0.3 is 10.1 Å². The number of anilines is 1. The van der Waals surface area contributed by atoms with Gasteiger partial charge in [0, 0.05) is 10.4 Å². The molecule has 7 rings (SSSR count). The van der Waals surface area contributed by atoms with Gasteiger partial charge in [-0.1, -0.05) is 65.0 Å². The maximum absolute atomic E-state index is 12.1. The Kier molecular flexibility index (Phi) is 7.79. The minimum Gasteiger partial charge on any atom is -0.465 e. The number of methoxy groups -OCH3 is 1. The number of nitrogens with zero attached hydrogens (tertiary/aromatic N) is 1. The third-order valence-corrected chi connectivity index (χ3v) is 16.6. The van der Waals surface area contributed by atoms with Crippen LogP contribution >= 0.6 is 11.3 Å². The lowest BCUT2D eigenvalue weighted by Gasteiger charge is -2.72. The molecule has 0 bridgehead atoms. The van der Waals surface area contributed by atoms with E-state index in [9.17, 15) is 4.79 Å². The maximum Gasteiger partial charge on any atom is 0.337 e. The van der Waals surface area contributed by atoms with Crippen molar-refractivity contribution in [3.05, 3.63) is 64.2 Å². The molecule has 2 aromatic rings. The lowest BCUT2D eigenvalue weighted by atomic mass is 9.33. The predicted molar refractivity (Wildman–Crippen MR) is 196 cm³/mol. The van der Waals surface area contributed by atoms with Crippen LogP contribution in [0.25, 0.3) is 5.57 Å². The van der Waals surface area contributed by atoms with Gasteiger partial charge in [0.2, 0.25) is 0 Å². The van der Waals surface area contributed by atoms with Gasteiger partial charge in [-0.25, -0.2) is 9.78 Å². The number of benzene rings is 1. The second-order valence-electron chi connectivity index (χ2n) is 17.7. The van der Waals surface area contributed by atoms with Crippen LogP contribution in [0.1, 0.15) is 126 Å². The molecule has 9 atom stereocenters. The summed E-state index contributed by atoms with van der Waals surface area (Å²) >= 11 is 1.85. The Labute approximate surface area is 288 Å². The molecular formula is C42H58N2O2S. The number of allylic oxidation sites excluding steroid dienone is 3. The smallest absolute Gasteiger partial charge is 0.337 e. The first kappa shape index (κ1) is 33.1. The monoisotopic (exact) mass is 654 g/mol. The molecule has 0 saturated heterocycles. The van der Waals surface area contributed by atoms with E-state index >= 15 is 0 Å². The highest BCUT2D eigenvalue weighted by Crippen LogP contribution is 2.77. The minimum absolute atomic E-state index is 0.0605. The van der Waals surface area contributed by atoms with Crippen LogP contribution in [0.5, 0.6) is 0 Å². The number of fused-ring (bicyclic) bond motifs is 7. The summed E-state index contributed by atoms with van der Waals surface area (Å²) in [6.45, 7) is 24.4. The summed E-state index contributed by atoms with van der Waals surface area (Å²) in [7, 11) is 1.45. The van der Waals surface area contributed by atoms with Crippen molar-refractivity contribution >= 4 is 28.0 Å². The molecule has 47 heavy (non-hydrogen) atoms. The van der Waals surface area contributed by atoms with Gasteiger partial charge in [0.15, 0.2) is 5.13 Å². The first-order chi connectivity index (χ1) is 22.1. The Bertz CT molecular complexity index is 1600. The molecular weight excluding hydrogens is 597 g/mol. The standard InChI is InChI=1S/C42H58N2O2S/c1-25(2)30-17-22-42(44-37-43-26(3)27(4)47-37)24-23-40(8)32(35(30)42)15-16-34-39(7)20-18-31(28-11-13-29(14-12-28)36(45)46-10)38(5,6)33(39)19-21-41(34,40)9/h11-14,18,30,32-35H,1,15-17,19-24H2,2-10H3,(H,43,44)/t30-,32+,33?,34?,35?,39-,40+,41+,42-/m0/s1. The molecule has 4 fully saturated rings. The van der Waals surface area contributed by atoms with Crippen LogP contribution in [0.15, 0.2) is 42.5 Å². The van der Waals surface area contributed by atoms with Crippen molar-refractivity contribution in [2.75, 3.05) is 12.4 Å². The van der Waals surface area contributed by atoms with Crippen molar-refractivity contribution in [2.24, 2.45) is 51.2 Å². The van der Waals surface area contributed by atoms with Gasteiger partial charge in [-0.15, -0.1) is 11.3 Å². The van der Waals surface area contributed by atoms with Gasteiger partial charge in [-0.3, -0.25) is 0 Å². The van der Waals surface area contributed by atoms with E-state index in [1.165, 1.54) is 85.8 Å². The first-order valence-corrected chi connectivity index (χ1v) is 19.2. The number of thiazole rings is 1. The summed E-state index contributed by atoms with van der Waals surface area (Å²) in [6.07, 6.45) is 14.0. The van der Waals surface area contributed by atoms with Crippen LogP contribution in [0.2, 0.25) is 0 Å². The maximum atomic E-state index is 12.1. The Hall–Kier alpha value is -2.40. The topological polar surface area (TPSA) is 51.2 Å². The predicted octanol–water partition coefficient (Wildman–Crippen LogP) is 11.1. The van der Waals surface area contributed by atoms with Crippen LogP contribution in [-0.2, 0) is 4.74 Å². The van der Waals surface area contributed by atoms with E-state index in [1.54, 1.807) is 0 Å². The second kappa shape index (κ2) is 11.1. The number of ether oxygens (including phenoxy) is 1. The molecule has 5 aliphatic carbocycles. The van der Waals surface area contributed by atoms with Gasteiger partial charge in [-0.2, -0.15) is 0 Å². The highest BCUT2D eigenvalue weighted by molar-refractivity contribution is 7.15. The van der Waals surface area contributed by atoms with Crippen molar-refractivity contribution in [3.63, 3.8) is 0 Å². The summed E-state index contributed by atoms with van der Waals surface area (Å²) in [5, 5.41) is 5.30. The van der Waals surface area contributed by atoms with E-state index in [1.807, 2.05) is 23.5 Å². The Morgan fingerprint density at radius 3 is 2.30 bits per heavy atom. The Morgan fingerprint density at radius 1 is 0.936 bits per heavy atom. The average molecular weight is 655 g/mol. The van der Waals surface area contributed by atoms with Crippen molar-refractivity contribution in [3.8, 4) is 0 Å². The molecule has 5 aliphatic rings. The highest BCUT2D eigenvalue weighted by atomic mass is 32.1. The van der Waals surface area contributed by atoms with Gasteiger partial charge in [0.1, 0.15) is 0 Å². The van der Waals surface area contributed by atoms with Crippen molar-refractivity contribution in [1.29, 1.82) is 0 Å². The van der Waals surface area contributed by atoms with Crippen molar-refractivity contribution < 1.29 is 9.53 Å². The number of carbonyl (C=O) groups excluding carboxylic acids is 1. The number of nitrogens with one attached hydrogen (secondary N) is 1. The fourth-order valence-electron chi connectivity index (χ4n) is 13.1. The quantitative estimate of drug-likeness (QED) is 0.257. The summed E-state index contributed by atoms with van der Waals surface area (Å²) in [5.74, 6) is 2.98. The van der Waals surface area contributed by atoms with Crippen LogP contribution in [0, 0.1) is 65.1 Å². The highest BCUT2D eigenvalue weighted by Gasteiger charge is 2.70. The van der Waals surface area contributed by atoms with Crippen molar-refractivity contribution in [2.45, 2.75) is 119 Å². The third kappa shape index (κ3) is 4.63. The number of hydrogen-bond donors (Lipinski definition) is 1. The van der Waals surface area contributed by atoms with E-state index in [0.717, 1.165) is 11.6 Å². The Morgan fingerprint density at radius 2 is 1.66 bits per heavy atom. The fraction of sp³-hybridized carbons (Fsp3) is 0.667. The van der Waals surface area contributed by atoms with Gasteiger partial charge in [-0.05, 0) is 153 Å². The lowest BCUT2D eigenvalue weighted by molar-refractivity contribution is -0.216. The average Bonchev–Trinajstić information content (AvgIpc) is 3.55. The molecule has 0 amide bonds. The molecule has 3 unspecified atom stereocenters. The van der Waals surface area contributed by atoms with Gasteiger partial charge in [0.05, 0.1) is 18.4 Å². The van der Waals surface area contributed by atoms with Gasteiger partial charge >= 0.3 is 5.97 Å². The number of hydrogen-bond acceptors (Lipinski definition) is 5. The summed E-state index contributed by atoms with van der Waals surface area (Å²) in [4.78, 5) is 18.5. The number of esters is 1. The number of rotatable bonds is 5. The summed E-state index contributed by atoms with van der Waals surface area (Å²) in [5.41, 5.74) is 6.97. The van der Waals surface area contributed by atoms with Crippen molar-refractivity contribution in [1.82, 2.24) is 4.98 Å². The minimum atomic E-state index is -0.270. The number of aryl methyl sites for hydroxylation is 2. The molecule has 0 aliphatic heterocycles. The molecule has 4 saturated carbocycles. The SMILES string of the molecule is C=C(C)[C@@H]1CC[C@]2(Nc3nc(C)c(C)s3)CC[C@]3(C)[C@H](CCC4[C@@]5(C)CC=C(c6ccc(C(=O)OC)cc6)C(C)(C)C5CC[C@]43C)C12. The van der Waals surface area contributed by atoms with E-state index in [2.05, 4.69) is 85.5 Å². The Balaban J connectivity index is 1.22. The molecule has 4 nitrogen and oxygen atoms in total. The zero-order valence-corrected chi connectivity index (χ0v) is 31.3. The third-order valence-electron chi connectivity index (χ3n) is 15.6.